The molecule has 6 heteroatoms. The minimum Gasteiger partial charge on any atom is -0.354 e. The molecule has 0 aliphatic carbocycles. The number of rotatable bonds is 3. The summed E-state index contributed by atoms with van der Waals surface area (Å²) in [7, 11) is 0. The lowest BCUT2D eigenvalue weighted by Crippen LogP contribution is -2.28. The molecule has 1 aromatic carbocycles. The highest BCUT2D eigenvalue weighted by atomic mass is 35.5. The number of aromatic nitrogens is 1. The van der Waals surface area contributed by atoms with Gasteiger partial charge in [-0.2, -0.15) is 0 Å². The SMILES string of the molecule is O=C(c1ccc(Nc2cc(Cl)cc(Cl)c2)cn1)N1CCCC1. The Morgan fingerprint density at radius 1 is 1.05 bits per heavy atom. The zero-order valence-electron chi connectivity index (χ0n) is 11.9. The molecule has 0 radical (unpaired) electrons. The summed E-state index contributed by atoms with van der Waals surface area (Å²) in [4.78, 5) is 18.3. The van der Waals surface area contributed by atoms with Gasteiger partial charge in [0.15, 0.2) is 0 Å². The number of nitrogens with one attached hydrogen (secondary N) is 1. The van der Waals surface area contributed by atoms with E-state index in [-0.39, 0.29) is 5.91 Å². The zero-order valence-corrected chi connectivity index (χ0v) is 13.4. The van der Waals surface area contributed by atoms with Crippen LogP contribution in [0.3, 0.4) is 0 Å². The van der Waals surface area contributed by atoms with Crippen LogP contribution in [0.4, 0.5) is 11.4 Å². The van der Waals surface area contributed by atoms with Gasteiger partial charge in [0.1, 0.15) is 5.69 Å². The van der Waals surface area contributed by atoms with E-state index in [1.54, 1.807) is 30.5 Å². The third kappa shape index (κ3) is 3.51. The monoisotopic (exact) mass is 335 g/mol. The Morgan fingerprint density at radius 2 is 1.73 bits per heavy atom. The Hall–Kier alpha value is -1.78. The molecular weight excluding hydrogens is 321 g/mol. The fourth-order valence-corrected chi connectivity index (χ4v) is 3.00. The number of pyridine rings is 1. The Kier molecular flexibility index (Phi) is 4.50. The van der Waals surface area contributed by atoms with Crippen LogP contribution < -0.4 is 5.32 Å². The predicted molar refractivity (Wildman–Crippen MR) is 89.1 cm³/mol. The van der Waals surface area contributed by atoms with E-state index in [2.05, 4.69) is 10.3 Å². The first-order valence-corrected chi connectivity index (χ1v) is 7.86. The van der Waals surface area contributed by atoms with Crippen molar-refractivity contribution >= 4 is 40.5 Å². The van der Waals surface area contributed by atoms with Crippen molar-refractivity contribution in [1.82, 2.24) is 9.88 Å². The van der Waals surface area contributed by atoms with Gasteiger partial charge in [0.05, 0.1) is 11.9 Å². The molecule has 1 saturated heterocycles. The van der Waals surface area contributed by atoms with E-state index in [9.17, 15) is 4.79 Å². The minimum absolute atomic E-state index is 0.00477. The number of likely N-dealkylation sites (tertiary alicyclic amines) is 1. The summed E-state index contributed by atoms with van der Waals surface area (Å²) in [6.07, 6.45) is 3.78. The van der Waals surface area contributed by atoms with E-state index < -0.39 is 0 Å². The first kappa shape index (κ1) is 15.1. The number of hydrogen-bond acceptors (Lipinski definition) is 3. The third-order valence-corrected chi connectivity index (χ3v) is 3.96. The number of nitrogens with zero attached hydrogens (tertiary/aromatic N) is 2. The number of amides is 1. The Balaban J connectivity index is 1.72. The van der Waals surface area contributed by atoms with E-state index in [1.807, 2.05) is 11.0 Å². The van der Waals surface area contributed by atoms with Crippen molar-refractivity contribution < 1.29 is 4.79 Å². The van der Waals surface area contributed by atoms with Gasteiger partial charge in [0.2, 0.25) is 0 Å². The average Bonchev–Trinajstić information content (AvgIpc) is 3.00. The highest BCUT2D eigenvalue weighted by Gasteiger charge is 2.20. The van der Waals surface area contributed by atoms with E-state index in [4.69, 9.17) is 23.2 Å². The molecule has 3 rings (SSSR count). The van der Waals surface area contributed by atoms with Crippen molar-refractivity contribution in [1.29, 1.82) is 0 Å². The molecule has 22 heavy (non-hydrogen) atoms. The van der Waals surface area contributed by atoms with Gasteiger partial charge in [-0.05, 0) is 43.2 Å². The number of benzene rings is 1. The topological polar surface area (TPSA) is 45.2 Å². The maximum Gasteiger partial charge on any atom is 0.272 e. The van der Waals surface area contributed by atoms with Crippen molar-refractivity contribution in [2.75, 3.05) is 18.4 Å². The fraction of sp³-hybridized carbons (Fsp3) is 0.250. The standard InChI is InChI=1S/C16H15Cl2N3O/c17-11-7-12(18)9-14(8-11)20-13-3-4-15(19-10-13)16(22)21-5-1-2-6-21/h3-4,7-10,20H,1-2,5-6H2. The van der Waals surface area contributed by atoms with Crippen LogP contribution in [0.15, 0.2) is 36.5 Å². The van der Waals surface area contributed by atoms with E-state index in [0.717, 1.165) is 37.3 Å². The highest BCUT2D eigenvalue weighted by molar-refractivity contribution is 6.35. The largest absolute Gasteiger partial charge is 0.354 e. The molecule has 0 spiro atoms. The number of carbonyl (C=O) groups excluding carboxylic acids is 1. The predicted octanol–water partition coefficient (Wildman–Crippen LogP) is 4.37. The molecule has 0 unspecified atom stereocenters. The third-order valence-electron chi connectivity index (χ3n) is 3.53. The Labute approximate surface area is 139 Å². The maximum absolute atomic E-state index is 12.2. The van der Waals surface area contributed by atoms with Crippen molar-refractivity contribution in [2.45, 2.75) is 12.8 Å². The first-order chi connectivity index (χ1) is 10.6. The lowest BCUT2D eigenvalue weighted by Gasteiger charge is -2.14. The van der Waals surface area contributed by atoms with Gasteiger partial charge in [-0.1, -0.05) is 23.2 Å². The van der Waals surface area contributed by atoms with Crippen LogP contribution in [-0.2, 0) is 0 Å². The smallest absolute Gasteiger partial charge is 0.272 e. The molecule has 4 nitrogen and oxygen atoms in total. The van der Waals surface area contributed by atoms with Crippen LogP contribution in [0.25, 0.3) is 0 Å². The molecule has 0 bridgehead atoms. The summed E-state index contributed by atoms with van der Waals surface area (Å²) in [5, 5.41) is 4.28. The summed E-state index contributed by atoms with van der Waals surface area (Å²) < 4.78 is 0. The van der Waals surface area contributed by atoms with Crippen molar-refractivity contribution in [3.05, 3.63) is 52.3 Å². The molecule has 1 aromatic heterocycles. The van der Waals surface area contributed by atoms with Crippen molar-refractivity contribution in [3.63, 3.8) is 0 Å². The van der Waals surface area contributed by atoms with Crippen LogP contribution in [0, 0.1) is 0 Å². The molecule has 2 heterocycles. The van der Waals surface area contributed by atoms with Gasteiger partial charge >= 0.3 is 0 Å². The molecule has 114 valence electrons. The summed E-state index contributed by atoms with van der Waals surface area (Å²) in [5.74, 6) is -0.00477. The maximum atomic E-state index is 12.2. The molecule has 0 atom stereocenters. The van der Waals surface area contributed by atoms with Gasteiger partial charge in [-0.15, -0.1) is 0 Å². The number of halogens is 2. The van der Waals surface area contributed by atoms with Gasteiger partial charge in [-0.3, -0.25) is 4.79 Å². The molecule has 1 aliphatic rings. The lowest BCUT2D eigenvalue weighted by molar-refractivity contribution is 0.0787. The normalized spacial score (nSPS) is 14.2. The number of hydrogen-bond donors (Lipinski definition) is 1. The summed E-state index contributed by atoms with van der Waals surface area (Å²) in [6.45, 7) is 1.64. The van der Waals surface area contributed by atoms with Crippen LogP contribution in [-0.4, -0.2) is 28.9 Å². The minimum atomic E-state index is -0.00477. The summed E-state index contributed by atoms with van der Waals surface area (Å²) in [6, 6.07) is 8.78. The average molecular weight is 336 g/mol. The van der Waals surface area contributed by atoms with Crippen LogP contribution in [0.5, 0.6) is 0 Å². The van der Waals surface area contributed by atoms with Crippen molar-refractivity contribution in [2.24, 2.45) is 0 Å². The van der Waals surface area contributed by atoms with Crippen molar-refractivity contribution in [3.8, 4) is 0 Å². The van der Waals surface area contributed by atoms with Gasteiger partial charge in [0.25, 0.3) is 5.91 Å². The molecule has 1 fully saturated rings. The Bertz CT molecular complexity index is 662. The lowest BCUT2D eigenvalue weighted by atomic mass is 10.2. The molecule has 2 aromatic rings. The summed E-state index contributed by atoms with van der Waals surface area (Å²) in [5.41, 5.74) is 2.02. The molecule has 0 saturated carbocycles. The van der Waals surface area contributed by atoms with Crippen LogP contribution >= 0.6 is 23.2 Å². The molecule has 1 N–H and O–H groups in total. The Morgan fingerprint density at radius 3 is 2.32 bits per heavy atom. The zero-order chi connectivity index (χ0) is 15.5. The number of anilines is 2. The fourth-order valence-electron chi connectivity index (χ4n) is 2.47. The molecule has 1 amide bonds. The first-order valence-electron chi connectivity index (χ1n) is 7.10. The van der Waals surface area contributed by atoms with E-state index >= 15 is 0 Å². The second-order valence-electron chi connectivity index (χ2n) is 5.21. The number of carbonyl (C=O) groups is 1. The second kappa shape index (κ2) is 6.55. The highest BCUT2D eigenvalue weighted by Crippen LogP contribution is 2.25. The quantitative estimate of drug-likeness (QED) is 0.905. The van der Waals surface area contributed by atoms with E-state index in [1.165, 1.54) is 0 Å². The van der Waals surface area contributed by atoms with E-state index in [0.29, 0.717) is 15.7 Å². The van der Waals surface area contributed by atoms with Crippen LogP contribution in [0.2, 0.25) is 10.0 Å². The molecular formula is C16H15Cl2N3O. The van der Waals surface area contributed by atoms with Gasteiger partial charge < -0.3 is 10.2 Å². The van der Waals surface area contributed by atoms with Gasteiger partial charge in [0, 0.05) is 28.8 Å². The van der Waals surface area contributed by atoms with Gasteiger partial charge in [-0.25, -0.2) is 4.98 Å². The molecule has 1 aliphatic heterocycles. The second-order valence-corrected chi connectivity index (χ2v) is 6.09. The summed E-state index contributed by atoms with van der Waals surface area (Å²) >= 11 is 11.9. The van der Waals surface area contributed by atoms with Crippen LogP contribution in [0.1, 0.15) is 23.3 Å².